The highest BCUT2D eigenvalue weighted by molar-refractivity contribution is 6.01. The van der Waals surface area contributed by atoms with Crippen molar-refractivity contribution in [3.8, 4) is 0 Å². The fourth-order valence-corrected chi connectivity index (χ4v) is 7.44. The third kappa shape index (κ3) is 4.42. The number of carbonyl (C=O) groups excluding carboxylic acids is 2. The maximum absolute atomic E-state index is 14.2. The van der Waals surface area contributed by atoms with Crippen molar-refractivity contribution in [1.29, 1.82) is 0 Å². The summed E-state index contributed by atoms with van der Waals surface area (Å²) in [6, 6.07) is 16.6. The lowest BCUT2D eigenvalue weighted by molar-refractivity contribution is -0.146. The van der Waals surface area contributed by atoms with Crippen LogP contribution in [0.2, 0.25) is 0 Å². The molecule has 2 N–H and O–H groups in total. The summed E-state index contributed by atoms with van der Waals surface area (Å²) in [5.41, 5.74) is 4.90. The lowest BCUT2D eigenvalue weighted by atomic mass is 9.91. The standard InChI is InChI=1S/C33H42N4O2/c1-21-29(25-10-6-7-11-27(25)34-21)30-26(32(30,2)3)20-28(38)37(24-16-17-24)33(18-8-9-19-33)31(39)35-22-12-14-23(15-13-22)36(4)5/h6-7,10-15,24,26,30,34H,8-9,16-20H2,1-5H3,(H,35,39)/t26-,30+/m0/s1. The maximum Gasteiger partial charge on any atom is 0.250 e. The van der Waals surface area contributed by atoms with Gasteiger partial charge in [0.05, 0.1) is 0 Å². The van der Waals surface area contributed by atoms with Gasteiger partial charge in [-0.05, 0) is 85.8 Å². The van der Waals surface area contributed by atoms with Crippen LogP contribution in [0.5, 0.6) is 0 Å². The molecule has 0 spiro atoms. The zero-order valence-corrected chi connectivity index (χ0v) is 24.0. The van der Waals surface area contributed by atoms with Gasteiger partial charge in [-0.1, -0.05) is 44.9 Å². The van der Waals surface area contributed by atoms with E-state index in [9.17, 15) is 9.59 Å². The smallest absolute Gasteiger partial charge is 0.250 e. The number of benzene rings is 2. The number of aryl methyl sites for hydroxylation is 1. The number of nitrogens with one attached hydrogen (secondary N) is 2. The Hall–Kier alpha value is -3.28. The van der Waals surface area contributed by atoms with E-state index < -0.39 is 5.54 Å². The molecule has 3 saturated carbocycles. The molecule has 2 amide bonds. The zero-order valence-electron chi connectivity index (χ0n) is 24.0. The lowest BCUT2D eigenvalue weighted by Gasteiger charge is -2.40. The summed E-state index contributed by atoms with van der Waals surface area (Å²) in [6.45, 7) is 6.75. The number of fused-ring (bicyclic) bond motifs is 1. The summed E-state index contributed by atoms with van der Waals surface area (Å²) in [4.78, 5) is 35.9. The van der Waals surface area contributed by atoms with Crippen LogP contribution >= 0.6 is 0 Å². The summed E-state index contributed by atoms with van der Waals surface area (Å²) in [5, 5.41) is 4.47. The minimum Gasteiger partial charge on any atom is -0.378 e. The van der Waals surface area contributed by atoms with Gasteiger partial charge in [0.2, 0.25) is 11.8 Å². The van der Waals surface area contributed by atoms with Gasteiger partial charge in [0.25, 0.3) is 0 Å². The number of carbonyl (C=O) groups is 2. The fraction of sp³-hybridized carbons (Fsp3) is 0.515. The molecule has 3 fully saturated rings. The predicted molar refractivity (Wildman–Crippen MR) is 158 cm³/mol. The number of hydrogen-bond donors (Lipinski definition) is 2. The van der Waals surface area contributed by atoms with Gasteiger partial charge in [-0.25, -0.2) is 0 Å². The van der Waals surface area contributed by atoms with Crippen LogP contribution < -0.4 is 10.2 Å². The van der Waals surface area contributed by atoms with Crippen molar-refractivity contribution in [2.75, 3.05) is 24.3 Å². The van der Waals surface area contributed by atoms with E-state index in [1.165, 1.54) is 16.6 Å². The number of H-pyrrole nitrogens is 1. The molecule has 0 radical (unpaired) electrons. The van der Waals surface area contributed by atoms with Crippen LogP contribution in [-0.4, -0.2) is 47.4 Å². The Bertz CT molecular complexity index is 1390. The Labute approximate surface area is 232 Å². The molecule has 3 aliphatic rings. The first-order chi connectivity index (χ1) is 18.6. The van der Waals surface area contributed by atoms with Crippen LogP contribution in [-0.2, 0) is 9.59 Å². The molecule has 1 heterocycles. The Morgan fingerprint density at radius 3 is 2.31 bits per heavy atom. The number of nitrogens with zero attached hydrogens (tertiary/aromatic N) is 2. The number of anilines is 2. The second-order valence-electron chi connectivity index (χ2n) is 12.9. The van der Waals surface area contributed by atoms with Crippen LogP contribution in [0.3, 0.4) is 0 Å². The highest BCUT2D eigenvalue weighted by Crippen LogP contribution is 2.67. The van der Waals surface area contributed by atoms with E-state index >= 15 is 0 Å². The van der Waals surface area contributed by atoms with Crippen LogP contribution in [0, 0.1) is 18.3 Å². The topological polar surface area (TPSA) is 68.4 Å². The van der Waals surface area contributed by atoms with Crippen molar-refractivity contribution in [3.63, 3.8) is 0 Å². The molecule has 206 valence electrons. The Balaban J connectivity index is 1.24. The first kappa shape index (κ1) is 26.0. The lowest BCUT2D eigenvalue weighted by Crippen LogP contribution is -2.58. The van der Waals surface area contributed by atoms with Crippen molar-refractivity contribution in [2.45, 2.75) is 83.2 Å². The molecular formula is C33H42N4O2. The van der Waals surface area contributed by atoms with Crippen LogP contribution in [0.1, 0.15) is 76.0 Å². The summed E-state index contributed by atoms with van der Waals surface area (Å²) in [5.74, 6) is 0.749. The molecule has 0 bridgehead atoms. The SMILES string of the molecule is Cc1[nH]c2ccccc2c1[C@H]1[C@H](CC(=O)N(C2CC2)C2(C(=O)Nc3ccc(N(C)C)cc3)CCCC2)C1(C)C. The number of para-hydroxylation sites is 1. The molecule has 3 aliphatic carbocycles. The molecule has 6 rings (SSSR count). The van der Waals surface area contributed by atoms with E-state index in [4.69, 9.17) is 0 Å². The number of aromatic amines is 1. The molecule has 39 heavy (non-hydrogen) atoms. The molecule has 0 aliphatic heterocycles. The normalized spacial score (nSPS) is 23.0. The van der Waals surface area contributed by atoms with Crippen molar-refractivity contribution >= 4 is 34.1 Å². The largest absolute Gasteiger partial charge is 0.378 e. The van der Waals surface area contributed by atoms with E-state index in [0.29, 0.717) is 12.3 Å². The average Bonchev–Trinajstić information content (AvgIpc) is 3.68. The van der Waals surface area contributed by atoms with Gasteiger partial charge in [0.15, 0.2) is 0 Å². The molecule has 0 unspecified atom stereocenters. The highest BCUT2D eigenvalue weighted by Gasteiger charge is 2.61. The summed E-state index contributed by atoms with van der Waals surface area (Å²) < 4.78 is 0. The second kappa shape index (κ2) is 9.42. The zero-order chi connectivity index (χ0) is 27.5. The van der Waals surface area contributed by atoms with Crippen LogP contribution in [0.15, 0.2) is 48.5 Å². The minimum atomic E-state index is -0.746. The molecular weight excluding hydrogens is 484 g/mol. The van der Waals surface area contributed by atoms with E-state index in [1.807, 2.05) is 43.3 Å². The third-order valence-corrected chi connectivity index (χ3v) is 9.84. The van der Waals surface area contributed by atoms with Gasteiger partial charge in [0, 0.05) is 54.5 Å². The first-order valence-electron chi connectivity index (χ1n) is 14.6. The molecule has 3 aromatic rings. The van der Waals surface area contributed by atoms with Crippen LogP contribution in [0.4, 0.5) is 11.4 Å². The summed E-state index contributed by atoms with van der Waals surface area (Å²) >= 11 is 0. The number of hydrogen-bond acceptors (Lipinski definition) is 3. The van der Waals surface area contributed by atoms with Gasteiger partial charge >= 0.3 is 0 Å². The molecule has 6 nitrogen and oxygen atoms in total. The quantitative estimate of drug-likeness (QED) is 0.347. The number of rotatable bonds is 8. The first-order valence-corrected chi connectivity index (χ1v) is 14.6. The van der Waals surface area contributed by atoms with Gasteiger partial charge in [-0.15, -0.1) is 0 Å². The Kier molecular flexibility index (Phi) is 6.28. The molecule has 6 heteroatoms. The predicted octanol–water partition coefficient (Wildman–Crippen LogP) is 6.61. The average molecular weight is 527 g/mol. The molecule has 0 saturated heterocycles. The van der Waals surface area contributed by atoms with E-state index in [0.717, 1.165) is 55.4 Å². The Morgan fingerprint density at radius 2 is 1.67 bits per heavy atom. The van der Waals surface area contributed by atoms with Crippen molar-refractivity contribution in [3.05, 3.63) is 59.8 Å². The van der Waals surface area contributed by atoms with Gasteiger partial charge in [0.1, 0.15) is 5.54 Å². The van der Waals surface area contributed by atoms with Gasteiger partial charge in [-0.3, -0.25) is 9.59 Å². The summed E-state index contributed by atoms with van der Waals surface area (Å²) in [6.07, 6.45) is 5.95. The van der Waals surface area contributed by atoms with Crippen molar-refractivity contribution < 1.29 is 9.59 Å². The summed E-state index contributed by atoms with van der Waals surface area (Å²) in [7, 11) is 4.01. The third-order valence-electron chi connectivity index (χ3n) is 9.84. The van der Waals surface area contributed by atoms with E-state index in [-0.39, 0.29) is 29.2 Å². The minimum absolute atomic E-state index is 0.0167. The van der Waals surface area contributed by atoms with Crippen LogP contribution in [0.25, 0.3) is 10.9 Å². The second-order valence-corrected chi connectivity index (χ2v) is 12.9. The fourth-order valence-electron chi connectivity index (χ4n) is 7.44. The van der Waals surface area contributed by atoms with E-state index in [1.54, 1.807) is 0 Å². The van der Waals surface area contributed by atoms with Crippen molar-refractivity contribution in [1.82, 2.24) is 9.88 Å². The Morgan fingerprint density at radius 1 is 1.00 bits per heavy atom. The molecule has 1 aromatic heterocycles. The maximum atomic E-state index is 14.2. The molecule has 2 atom stereocenters. The molecule has 2 aromatic carbocycles. The highest BCUT2D eigenvalue weighted by atomic mass is 16.2. The van der Waals surface area contributed by atoms with Gasteiger partial charge in [-0.2, -0.15) is 0 Å². The van der Waals surface area contributed by atoms with Gasteiger partial charge < -0.3 is 20.1 Å². The monoisotopic (exact) mass is 526 g/mol. The van der Waals surface area contributed by atoms with E-state index in [2.05, 4.69) is 60.2 Å². The van der Waals surface area contributed by atoms with Crippen molar-refractivity contribution in [2.24, 2.45) is 11.3 Å². The number of amides is 2. The number of aromatic nitrogens is 1.